The van der Waals surface area contributed by atoms with Crippen LogP contribution in [0.3, 0.4) is 0 Å². The van der Waals surface area contributed by atoms with E-state index in [1.807, 2.05) is 24.3 Å². The largest absolute Gasteiger partial charge is 0.496 e. The Morgan fingerprint density at radius 3 is 2.75 bits per heavy atom. The molecule has 0 bridgehead atoms. The molecule has 10 heteroatoms. The first-order chi connectivity index (χ1) is 17.5. The van der Waals surface area contributed by atoms with Crippen molar-refractivity contribution in [3.05, 3.63) is 104 Å². The van der Waals surface area contributed by atoms with Crippen molar-refractivity contribution in [3.63, 3.8) is 0 Å². The topological polar surface area (TPSA) is 102 Å². The van der Waals surface area contributed by atoms with Crippen LogP contribution in [-0.4, -0.2) is 32.8 Å². The van der Waals surface area contributed by atoms with Crippen molar-refractivity contribution in [1.82, 2.24) is 19.7 Å². The molecule has 0 radical (unpaired) electrons. The van der Waals surface area contributed by atoms with Gasteiger partial charge >= 0.3 is 0 Å². The first-order valence-corrected chi connectivity index (χ1v) is 12.1. The van der Waals surface area contributed by atoms with Gasteiger partial charge in [-0.3, -0.25) is 14.6 Å². The molecule has 0 atom stereocenters. The average molecular weight is 518 g/mol. The van der Waals surface area contributed by atoms with Crippen LogP contribution < -0.4 is 15.6 Å². The summed E-state index contributed by atoms with van der Waals surface area (Å²) in [5.74, 6) is 0.453. The summed E-state index contributed by atoms with van der Waals surface area (Å²) in [7, 11) is 1.50. The maximum absolute atomic E-state index is 13.5. The molecule has 0 aliphatic rings. The Morgan fingerprint density at radius 2 is 2.00 bits per heavy atom. The Bertz CT molecular complexity index is 1590. The molecule has 0 aliphatic carbocycles. The molecule has 0 saturated carbocycles. The van der Waals surface area contributed by atoms with Crippen molar-refractivity contribution in [3.8, 4) is 28.1 Å². The van der Waals surface area contributed by atoms with Gasteiger partial charge in [-0.05, 0) is 36.4 Å². The van der Waals surface area contributed by atoms with Crippen molar-refractivity contribution in [2.24, 2.45) is 0 Å². The summed E-state index contributed by atoms with van der Waals surface area (Å²) in [6.07, 6.45) is 5.01. The van der Waals surface area contributed by atoms with Crippen molar-refractivity contribution in [1.29, 1.82) is 0 Å². The minimum Gasteiger partial charge on any atom is -0.496 e. The summed E-state index contributed by atoms with van der Waals surface area (Å²) in [4.78, 5) is 34.2. The van der Waals surface area contributed by atoms with Crippen LogP contribution in [0.1, 0.15) is 15.2 Å². The van der Waals surface area contributed by atoms with E-state index in [4.69, 9.17) is 16.3 Å². The van der Waals surface area contributed by atoms with Gasteiger partial charge in [-0.1, -0.05) is 29.8 Å². The number of thiophene rings is 1. The molecular formula is C26H20ClN5O3S. The molecular weight excluding hydrogens is 498 g/mol. The Labute approximate surface area is 215 Å². The number of carbonyl (C=O) groups excluding carboxylic acids is 1. The molecule has 0 saturated heterocycles. The number of methoxy groups -OCH3 is 1. The molecule has 5 aromatic rings. The number of ether oxygens (including phenoxy) is 1. The maximum Gasteiger partial charge on any atom is 0.283 e. The van der Waals surface area contributed by atoms with Gasteiger partial charge < -0.3 is 15.0 Å². The maximum atomic E-state index is 13.5. The van der Waals surface area contributed by atoms with Gasteiger partial charge in [-0.2, -0.15) is 9.78 Å². The fourth-order valence-electron chi connectivity index (χ4n) is 3.73. The summed E-state index contributed by atoms with van der Waals surface area (Å²) in [5, 5.41) is 7.79. The van der Waals surface area contributed by atoms with Crippen LogP contribution in [0, 0.1) is 0 Å². The molecule has 4 heterocycles. The first kappa shape index (κ1) is 23.5. The van der Waals surface area contributed by atoms with E-state index in [1.165, 1.54) is 23.1 Å². The molecule has 5 rings (SSSR count). The summed E-state index contributed by atoms with van der Waals surface area (Å²) in [5.41, 5.74) is 2.30. The van der Waals surface area contributed by atoms with Gasteiger partial charge in [0, 0.05) is 40.7 Å². The second-order valence-electron chi connectivity index (χ2n) is 7.76. The van der Waals surface area contributed by atoms with Gasteiger partial charge in [0.1, 0.15) is 17.3 Å². The third kappa shape index (κ3) is 4.79. The fourth-order valence-corrected chi connectivity index (χ4v) is 4.75. The lowest BCUT2D eigenvalue weighted by Gasteiger charge is -2.10. The minimum atomic E-state index is -0.398. The number of carbonyl (C=O) groups is 1. The summed E-state index contributed by atoms with van der Waals surface area (Å²) >= 11 is 7.50. The molecule has 0 amide bonds. The van der Waals surface area contributed by atoms with E-state index < -0.39 is 5.91 Å². The molecule has 1 aromatic carbocycles. The SMILES string of the molecule is COc1ccccc1C(=O)n1nc(-c2cc(-c3cccnc3)c[nH]c2=O)cc1NCc1ccc(Cl)s1. The molecule has 180 valence electrons. The van der Waals surface area contributed by atoms with Crippen molar-refractivity contribution in [2.45, 2.75) is 6.54 Å². The molecule has 0 fully saturated rings. The predicted octanol–water partition coefficient (Wildman–Crippen LogP) is 5.32. The Kier molecular flexibility index (Phi) is 6.66. The van der Waals surface area contributed by atoms with Crippen LogP contribution in [-0.2, 0) is 6.54 Å². The predicted molar refractivity (Wildman–Crippen MR) is 141 cm³/mol. The van der Waals surface area contributed by atoms with Crippen molar-refractivity contribution < 1.29 is 9.53 Å². The molecule has 0 aliphatic heterocycles. The third-order valence-electron chi connectivity index (χ3n) is 5.49. The highest BCUT2D eigenvalue weighted by atomic mass is 35.5. The highest BCUT2D eigenvalue weighted by Gasteiger charge is 2.21. The molecule has 0 spiro atoms. The van der Waals surface area contributed by atoms with Gasteiger partial charge in [0.25, 0.3) is 11.5 Å². The zero-order valence-electron chi connectivity index (χ0n) is 19.1. The number of hydrogen-bond donors (Lipinski definition) is 2. The Hall–Kier alpha value is -4.21. The highest BCUT2D eigenvalue weighted by Crippen LogP contribution is 2.28. The molecule has 2 N–H and O–H groups in total. The Balaban J connectivity index is 1.58. The number of aromatic amines is 1. The number of benzene rings is 1. The lowest BCUT2D eigenvalue weighted by atomic mass is 10.1. The number of H-pyrrole nitrogens is 1. The monoisotopic (exact) mass is 517 g/mol. The smallest absolute Gasteiger partial charge is 0.283 e. The number of anilines is 1. The lowest BCUT2D eigenvalue weighted by Crippen LogP contribution is -2.18. The summed E-state index contributed by atoms with van der Waals surface area (Å²) < 4.78 is 7.30. The van der Waals surface area contributed by atoms with E-state index in [2.05, 4.69) is 20.4 Å². The van der Waals surface area contributed by atoms with Gasteiger partial charge in [-0.25, -0.2) is 0 Å². The number of rotatable bonds is 7. The highest BCUT2D eigenvalue weighted by molar-refractivity contribution is 7.16. The second kappa shape index (κ2) is 10.2. The van der Waals surface area contributed by atoms with Crippen LogP contribution in [0.15, 0.2) is 84.0 Å². The van der Waals surface area contributed by atoms with Crippen LogP contribution in [0.5, 0.6) is 5.75 Å². The van der Waals surface area contributed by atoms with Crippen LogP contribution >= 0.6 is 22.9 Å². The van der Waals surface area contributed by atoms with Crippen LogP contribution in [0.25, 0.3) is 22.4 Å². The molecule has 4 aromatic heterocycles. The van der Waals surface area contributed by atoms with E-state index in [9.17, 15) is 9.59 Å². The normalized spacial score (nSPS) is 10.8. The molecule has 8 nitrogen and oxygen atoms in total. The summed E-state index contributed by atoms with van der Waals surface area (Å²) in [6.45, 7) is 0.424. The third-order valence-corrected chi connectivity index (χ3v) is 6.72. The number of aromatic nitrogens is 4. The van der Waals surface area contributed by atoms with Gasteiger partial charge in [0.15, 0.2) is 0 Å². The average Bonchev–Trinajstić information content (AvgIpc) is 3.53. The number of halogens is 1. The number of nitrogens with zero attached hydrogens (tertiary/aromatic N) is 3. The zero-order chi connectivity index (χ0) is 25.1. The molecule has 0 unspecified atom stereocenters. The van der Waals surface area contributed by atoms with Crippen molar-refractivity contribution in [2.75, 3.05) is 12.4 Å². The number of para-hydroxylation sites is 1. The number of hydrogen-bond acceptors (Lipinski definition) is 7. The van der Waals surface area contributed by atoms with Gasteiger partial charge in [0.2, 0.25) is 0 Å². The van der Waals surface area contributed by atoms with Crippen LogP contribution in [0.2, 0.25) is 4.34 Å². The molecule has 36 heavy (non-hydrogen) atoms. The summed E-state index contributed by atoms with van der Waals surface area (Å²) in [6, 6.07) is 17.8. The van der Waals surface area contributed by atoms with Crippen molar-refractivity contribution >= 4 is 34.7 Å². The number of pyridine rings is 2. The van der Waals surface area contributed by atoms with E-state index >= 15 is 0 Å². The first-order valence-electron chi connectivity index (χ1n) is 10.9. The Morgan fingerprint density at radius 1 is 1.14 bits per heavy atom. The van der Waals surface area contributed by atoms with Gasteiger partial charge in [-0.15, -0.1) is 11.3 Å². The van der Waals surface area contributed by atoms with E-state index in [0.717, 1.165) is 16.0 Å². The minimum absolute atomic E-state index is 0.324. The van der Waals surface area contributed by atoms with Crippen LogP contribution in [0.4, 0.5) is 5.82 Å². The van der Waals surface area contributed by atoms with Gasteiger partial charge in [0.05, 0.1) is 29.1 Å². The lowest BCUT2D eigenvalue weighted by molar-refractivity contribution is 0.0945. The quantitative estimate of drug-likeness (QED) is 0.303. The number of nitrogens with one attached hydrogen (secondary N) is 2. The zero-order valence-corrected chi connectivity index (χ0v) is 20.6. The standard InChI is InChI=1S/C26H20ClN5O3S/c1-35-22-7-3-2-6-19(22)26(34)32-24(29-15-18-8-9-23(27)36-18)12-21(31-32)20-11-17(14-30-25(20)33)16-5-4-10-28-13-16/h2-14,29H,15H2,1H3,(H,30,33). The second-order valence-corrected chi connectivity index (χ2v) is 9.56. The van der Waals surface area contributed by atoms with E-state index in [0.29, 0.717) is 39.3 Å². The fraction of sp³-hybridized carbons (Fsp3) is 0.0769. The van der Waals surface area contributed by atoms with E-state index in [-0.39, 0.29) is 5.56 Å². The van der Waals surface area contributed by atoms with E-state index in [1.54, 1.807) is 55.0 Å².